The summed E-state index contributed by atoms with van der Waals surface area (Å²) in [7, 11) is 0. The maximum Gasteiger partial charge on any atom is 0.178 e. The van der Waals surface area contributed by atoms with E-state index in [-0.39, 0.29) is 0 Å². The average Bonchev–Trinajstić information content (AvgIpc) is 2.81. The maximum absolute atomic E-state index is 4.58. The largest absolute Gasteiger partial charge is 0.366 e. The molecule has 1 fully saturated rings. The van der Waals surface area contributed by atoms with Crippen LogP contribution in [0.15, 0.2) is 12.1 Å². The summed E-state index contributed by atoms with van der Waals surface area (Å²) >= 11 is 0. The monoisotopic (exact) mass is 273 g/mol. The summed E-state index contributed by atoms with van der Waals surface area (Å²) in [4.78, 5) is 0. The summed E-state index contributed by atoms with van der Waals surface area (Å²) in [6.45, 7) is 6.59. The molecule has 2 unspecified atom stereocenters. The number of aromatic nitrogens is 4. The molecule has 0 aromatic carbocycles. The van der Waals surface area contributed by atoms with Crippen LogP contribution in [-0.2, 0) is 0 Å². The van der Waals surface area contributed by atoms with Gasteiger partial charge < -0.3 is 5.32 Å². The van der Waals surface area contributed by atoms with E-state index in [1.165, 1.54) is 25.7 Å². The van der Waals surface area contributed by atoms with Crippen LogP contribution in [0.5, 0.6) is 0 Å². The van der Waals surface area contributed by atoms with E-state index in [2.05, 4.69) is 34.5 Å². The van der Waals surface area contributed by atoms with Crippen LogP contribution in [0, 0.1) is 18.8 Å². The lowest BCUT2D eigenvalue weighted by molar-refractivity contribution is 0.264. The molecule has 0 spiro atoms. The lowest BCUT2D eigenvalue weighted by Gasteiger charge is -2.32. The van der Waals surface area contributed by atoms with E-state index in [0.29, 0.717) is 6.04 Å². The highest BCUT2D eigenvalue weighted by Crippen LogP contribution is 2.31. The van der Waals surface area contributed by atoms with E-state index in [9.17, 15) is 0 Å². The summed E-state index contributed by atoms with van der Waals surface area (Å²) < 4.78 is 1.80. The van der Waals surface area contributed by atoms with Crippen LogP contribution in [0.1, 0.15) is 45.4 Å². The van der Waals surface area contributed by atoms with Crippen molar-refractivity contribution in [2.45, 2.75) is 52.5 Å². The molecule has 2 aromatic heterocycles. The molecule has 2 heterocycles. The van der Waals surface area contributed by atoms with Crippen molar-refractivity contribution in [1.82, 2.24) is 19.8 Å². The van der Waals surface area contributed by atoms with E-state index in [0.717, 1.165) is 29.1 Å². The van der Waals surface area contributed by atoms with Crippen LogP contribution in [0.4, 0.5) is 5.82 Å². The molecule has 1 saturated carbocycles. The van der Waals surface area contributed by atoms with Crippen LogP contribution in [0.2, 0.25) is 0 Å². The molecule has 1 aliphatic carbocycles. The van der Waals surface area contributed by atoms with Gasteiger partial charge in [-0.1, -0.05) is 26.7 Å². The Bertz CT molecular complexity index is 589. The van der Waals surface area contributed by atoms with Gasteiger partial charge in [0.05, 0.1) is 0 Å². The molecule has 5 nitrogen and oxygen atoms in total. The van der Waals surface area contributed by atoms with E-state index >= 15 is 0 Å². The summed E-state index contributed by atoms with van der Waals surface area (Å²) in [6.07, 6.45) is 5.17. The minimum absolute atomic E-state index is 0.540. The number of hydrogen-bond acceptors (Lipinski definition) is 4. The van der Waals surface area contributed by atoms with Gasteiger partial charge in [-0.15, -0.1) is 15.3 Å². The number of nitrogens with one attached hydrogen (secondary N) is 1. The highest BCUT2D eigenvalue weighted by atomic mass is 15.4. The first-order valence-electron chi connectivity index (χ1n) is 7.59. The standard InChI is InChI=1S/C15H23N5/c1-10(2)12-5-4-6-13(9-12)16-14-7-8-15-18-17-11(3)20(15)19-14/h7-8,10,12-13H,4-6,9H2,1-3H3,(H,16,19). The van der Waals surface area contributed by atoms with Gasteiger partial charge in [0.2, 0.25) is 0 Å². The Hall–Kier alpha value is -1.65. The zero-order chi connectivity index (χ0) is 14.1. The first-order chi connectivity index (χ1) is 9.63. The SMILES string of the molecule is Cc1nnc2ccc(NC3CCCC(C(C)C)C3)nn12. The Morgan fingerprint density at radius 2 is 2.10 bits per heavy atom. The van der Waals surface area contributed by atoms with Crippen molar-refractivity contribution >= 4 is 11.5 Å². The third-order valence-electron chi connectivity index (χ3n) is 4.43. The molecule has 0 amide bonds. The van der Waals surface area contributed by atoms with Gasteiger partial charge in [-0.25, -0.2) is 0 Å². The molecule has 1 N–H and O–H groups in total. The quantitative estimate of drug-likeness (QED) is 0.933. The average molecular weight is 273 g/mol. The molecule has 0 bridgehead atoms. The molecule has 20 heavy (non-hydrogen) atoms. The molecule has 1 aliphatic rings. The van der Waals surface area contributed by atoms with Gasteiger partial charge in [-0.3, -0.25) is 0 Å². The van der Waals surface area contributed by atoms with E-state index < -0.39 is 0 Å². The molecule has 2 atom stereocenters. The molecule has 5 heteroatoms. The number of aryl methyl sites for hydroxylation is 1. The third kappa shape index (κ3) is 2.62. The fourth-order valence-corrected chi connectivity index (χ4v) is 3.15. The molecule has 108 valence electrons. The normalized spacial score (nSPS) is 23.4. The zero-order valence-electron chi connectivity index (χ0n) is 12.5. The number of hydrogen-bond donors (Lipinski definition) is 1. The van der Waals surface area contributed by atoms with Gasteiger partial charge in [0.1, 0.15) is 5.82 Å². The highest BCUT2D eigenvalue weighted by molar-refractivity contribution is 5.44. The van der Waals surface area contributed by atoms with Gasteiger partial charge in [0.25, 0.3) is 0 Å². The van der Waals surface area contributed by atoms with Crippen molar-refractivity contribution in [1.29, 1.82) is 0 Å². The van der Waals surface area contributed by atoms with Crippen LogP contribution >= 0.6 is 0 Å². The van der Waals surface area contributed by atoms with Gasteiger partial charge in [0, 0.05) is 6.04 Å². The Morgan fingerprint density at radius 3 is 2.90 bits per heavy atom. The van der Waals surface area contributed by atoms with Crippen LogP contribution in [-0.4, -0.2) is 25.9 Å². The fourth-order valence-electron chi connectivity index (χ4n) is 3.15. The Kier molecular flexibility index (Phi) is 3.59. The second-order valence-electron chi connectivity index (χ2n) is 6.25. The zero-order valence-corrected chi connectivity index (χ0v) is 12.5. The lowest BCUT2D eigenvalue weighted by atomic mass is 9.79. The maximum atomic E-state index is 4.58. The molecule has 0 aliphatic heterocycles. The third-order valence-corrected chi connectivity index (χ3v) is 4.43. The molecule has 0 radical (unpaired) electrons. The minimum atomic E-state index is 0.540. The second-order valence-corrected chi connectivity index (χ2v) is 6.25. The van der Waals surface area contributed by atoms with E-state index in [1.807, 2.05) is 19.1 Å². The summed E-state index contributed by atoms with van der Waals surface area (Å²) in [6, 6.07) is 4.51. The van der Waals surface area contributed by atoms with Crippen molar-refractivity contribution in [3.8, 4) is 0 Å². The first kappa shape index (κ1) is 13.3. The van der Waals surface area contributed by atoms with Gasteiger partial charge >= 0.3 is 0 Å². The summed E-state index contributed by atoms with van der Waals surface area (Å²) in [5.41, 5.74) is 0.803. The predicted octanol–water partition coefficient (Wildman–Crippen LogP) is 3.06. The molecule has 3 rings (SSSR count). The van der Waals surface area contributed by atoms with E-state index in [1.54, 1.807) is 4.52 Å². The lowest BCUT2D eigenvalue weighted by Crippen LogP contribution is -2.30. The first-order valence-corrected chi connectivity index (χ1v) is 7.59. The molecule has 2 aromatic rings. The molecule has 0 saturated heterocycles. The van der Waals surface area contributed by atoms with Crippen LogP contribution in [0.25, 0.3) is 5.65 Å². The summed E-state index contributed by atoms with van der Waals surface area (Å²) in [5.74, 6) is 3.36. The topological polar surface area (TPSA) is 55.1 Å². The second kappa shape index (κ2) is 5.38. The Balaban J connectivity index is 1.73. The number of rotatable bonds is 3. The van der Waals surface area contributed by atoms with Crippen molar-refractivity contribution in [2.24, 2.45) is 11.8 Å². The van der Waals surface area contributed by atoms with Crippen LogP contribution < -0.4 is 5.32 Å². The predicted molar refractivity (Wildman–Crippen MR) is 79.7 cm³/mol. The van der Waals surface area contributed by atoms with Crippen molar-refractivity contribution in [3.63, 3.8) is 0 Å². The Morgan fingerprint density at radius 1 is 1.25 bits per heavy atom. The van der Waals surface area contributed by atoms with Crippen molar-refractivity contribution < 1.29 is 0 Å². The molecular weight excluding hydrogens is 250 g/mol. The number of fused-ring (bicyclic) bond motifs is 1. The van der Waals surface area contributed by atoms with Gasteiger partial charge in [-0.2, -0.15) is 4.52 Å². The van der Waals surface area contributed by atoms with Crippen molar-refractivity contribution in [3.05, 3.63) is 18.0 Å². The number of nitrogens with zero attached hydrogens (tertiary/aromatic N) is 4. The highest BCUT2D eigenvalue weighted by Gasteiger charge is 2.24. The smallest absolute Gasteiger partial charge is 0.178 e. The molecular formula is C15H23N5. The van der Waals surface area contributed by atoms with Gasteiger partial charge in [0.15, 0.2) is 11.5 Å². The minimum Gasteiger partial charge on any atom is -0.366 e. The van der Waals surface area contributed by atoms with Crippen molar-refractivity contribution in [2.75, 3.05) is 5.32 Å². The van der Waals surface area contributed by atoms with Crippen LogP contribution in [0.3, 0.4) is 0 Å². The van der Waals surface area contributed by atoms with Gasteiger partial charge in [-0.05, 0) is 43.7 Å². The fraction of sp³-hybridized carbons (Fsp3) is 0.667. The Labute approximate surface area is 119 Å². The number of anilines is 1. The summed E-state index contributed by atoms with van der Waals surface area (Å²) in [5, 5.41) is 16.3. The van der Waals surface area contributed by atoms with E-state index in [4.69, 9.17) is 0 Å².